The van der Waals surface area contributed by atoms with Gasteiger partial charge in [-0.1, -0.05) is 17.7 Å². The van der Waals surface area contributed by atoms with Crippen molar-refractivity contribution in [3.8, 4) is 5.75 Å². The number of carbonyl (C=O) groups excluding carboxylic acids is 2. The van der Waals surface area contributed by atoms with Crippen LogP contribution in [0, 0.1) is 5.92 Å². The van der Waals surface area contributed by atoms with E-state index in [2.05, 4.69) is 10.6 Å². The molecule has 2 aromatic carbocycles. The zero-order chi connectivity index (χ0) is 16.9. The molecule has 24 heavy (non-hydrogen) atoms. The molecule has 6 heteroatoms. The van der Waals surface area contributed by atoms with Crippen LogP contribution < -0.4 is 15.4 Å². The van der Waals surface area contributed by atoms with Gasteiger partial charge in [0, 0.05) is 22.3 Å². The minimum Gasteiger partial charge on any atom is -0.484 e. The van der Waals surface area contributed by atoms with E-state index in [0.717, 1.165) is 18.5 Å². The third kappa shape index (κ3) is 4.73. The number of nitrogens with one attached hydrogen (secondary N) is 2. The van der Waals surface area contributed by atoms with Crippen molar-refractivity contribution in [3.63, 3.8) is 0 Å². The Hall–Kier alpha value is -2.53. The van der Waals surface area contributed by atoms with Crippen molar-refractivity contribution in [1.82, 2.24) is 0 Å². The van der Waals surface area contributed by atoms with E-state index in [1.807, 2.05) is 0 Å². The highest BCUT2D eigenvalue weighted by Gasteiger charge is 2.29. The van der Waals surface area contributed by atoms with E-state index < -0.39 is 0 Å². The van der Waals surface area contributed by atoms with Gasteiger partial charge in [-0.3, -0.25) is 9.59 Å². The molecule has 2 N–H and O–H groups in total. The SMILES string of the molecule is O=C(COc1ccc(NC(=O)C2CC2)cc1)Nc1cccc(Cl)c1. The van der Waals surface area contributed by atoms with Crippen molar-refractivity contribution in [2.24, 2.45) is 5.92 Å². The number of halogens is 1. The summed E-state index contributed by atoms with van der Waals surface area (Å²) in [5, 5.41) is 6.11. The van der Waals surface area contributed by atoms with Gasteiger partial charge in [-0.15, -0.1) is 0 Å². The third-order valence-electron chi connectivity index (χ3n) is 3.55. The van der Waals surface area contributed by atoms with Crippen LogP contribution in [0.3, 0.4) is 0 Å². The first-order valence-corrected chi connectivity index (χ1v) is 8.07. The maximum Gasteiger partial charge on any atom is 0.262 e. The molecule has 0 unspecified atom stereocenters. The summed E-state index contributed by atoms with van der Waals surface area (Å²) >= 11 is 5.86. The zero-order valence-corrected chi connectivity index (χ0v) is 13.7. The van der Waals surface area contributed by atoms with Crippen molar-refractivity contribution in [1.29, 1.82) is 0 Å². The molecule has 1 aliphatic rings. The lowest BCUT2D eigenvalue weighted by Gasteiger charge is -2.09. The third-order valence-corrected chi connectivity index (χ3v) is 3.78. The standard InChI is InChI=1S/C18H17ClN2O3/c19-13-2-1-3-15(10-13)20-17(22)11-24-16-8-6-14(7-9-16)21-18(23)12-4-5-12/h1-3,6-10,12H,4-5,11H2,(H,20,22)(H,21,23). The van der Waals surface area contributed by atoms with Gasteiger partial charge in [0.1, 0.15) is 5.75 Å². The molecule has 2 aromatic rings. The van der Waals surface area contributed by atoms with Crippen LogP contribution in [0.4, 0.5) is 11.4 Å². The van der Waals surface area contributed by atoms with Crippen LogP contribution >= 0.6 is 11.6 Å². The van der Waals surface area contributed by atoms with Gasteiger partial charge in [0.15, 0.2) is 6.61 Å². The molecule has 1 fully saturated rings. The normalized spacial score (nSPS) is 13.2. The molecule has 0 bridgehead atoms. The fraction of sp³-hybridized carbons (Fsp3) is 0.222. The molecular weight excluding hydrogens is 328 g/mol. The predicted octanol–water partition coefficient (Wildman–Crippen LogP) is 3.71. The van der Waals surface area contributed by atoms with Gasteiger partial charge < -0.3 is 15.4 Å². The van der Waals surface area contributed by atoms with Crippen LogP contribution in [-0.4, -0.2) is 18.4 Å². The monoisotopic (exact) mass is 344 g/mol. The van der Waals surface area contributed by atoms with E-state index in [1.54, 1.807) is 48.5 Å². The fourth-order valence-corrected chi connectivity index (χ4v) is 2.33. The summed E-state index contributed by atoms with van der Waals surface area (Å²) in [6.45, 7) is -0.111. The van der Waals surface area contributed by atoms with Crippen LogP contribution in [0.2, 0.25) is 5.02 Å². The van der Waals surface area contributed by atoms with Crippen LogP contribution in [0.15, 0.2) is 48.5 Å². The van der Waals surface area contributed by atoms with Crippen molar-refractivity contribution >= 4 is 34.8 Å². The van der Waals surface area contributed by atoms with Crippen LogP contribution in [-0.2, 0) is 9.59 Å². The Bertz CT molecular complexity index is 742. The van der Waals surface area contributed by atoms with E-state index in [-0.39, 0.29) is 24.3 Å². The summed E-state index contributed by atoms with van der Waals surface area (Å²) in [5.74, 6) is 0.504. The smallest absolute Gasteiger partial charge is 0.262 e. The van der Waals surface area contributed by atoms with E-state index in [9.17, 15) is 9.59 Å². The number of hydrogen-bond acceptors (Lipinski definition) is 3. The lowest BCUT2D eigenvalue weighted by Crippen LogP contribution is -2.20. The number of amides is 2. The molecule has 3 rings (SSSR count). The molecule has 0 spiro atoms. The molecule has 124 valence electrons. The number of hydrogen-bond donors (Lipinski definition) is 2. The summed E-state index contributed by atoms with van der Waals surface area (Å²) < 4.78 is 5.43. The average Bonchev–Trinajstić information content (AvgIpc) is 3.39. The summed E-state index contributed by atoms with van der Waals surface area (Å²) in [6.07, 6.45) is 1.93. The molecule has 0 radical (unpaired) electrons. The molecule has 0 heterocycles. The van der Waals surface area contributed by atoms with Crippen LogP contribution in [0.25, 0.3) is 0 Å². The Morgan fingerprint density at radius 2 is 1.79 bits per heavy atom. The number of carbonyl (C=O) groups is 2. The Kier molecular flexibility index (Phi) is 5.01. The highest BCUT2D eigenvalue weighted by molar-refractivity contribution is 6.30. The van der Waals surface area contributed by atoms with Crippen molar-refractivity contribution in [2.45, 2.75) is 12.8 Å². The minimum absolute atomic E-state index is 0.0598. The molecule has 5 nitrogen and oxygen atoms in total. The van der Waals surface area contributed by atoms with E-state index in [4.69, 9.17) is 16.3 Å². The molecule has 0 aromatic heterocycles. The van der Waals surface area contributed by atoms with Crippen molar-refractivity contribution in [3.05, 3.63) is 53.6 Å². The molecule has 2 amide bonds. The Morgan fingerprint density at radius 3 is 2.46 bits per heavy atom. The molecule has 0 saturated heterocycles. The maximum atomic E-state index is 11.9. The molecular formula is C18H17ClN2O3. The quantitative estimate of drug-likeness (QED) is 0.839. The van der Waals surface area contributed by atoms with E-state index in [0.29, 0.717) is 16.5 Å². The Balaban J connectivity index is 1.47. The Morgan fingerprint density at radius 1 is 1.04 bits per heavy atom. The van der Waals surface area contributed by atoms with Gasteiger partial charge in [-0.25, -0.2) is 0 Å². The fourth-order valence-electron chi connectivity index (χ4n) is 2.14. The lowest BCUT2D eigenvalue weighted by molar-refractivity contribution is -0.118. The molecule has 0 atom stereocenters. The zero-order valence-electron chi connectivity index (χ0n) is 12.9. The van der Waals surface area contributed by atoms with Gasteiger partial charge in [0.25, 0.3) is 5.91 Å². The van der Waals surface area contributed by atoms with Crippen molar-refractivity contribution in [2.75, 3.05) is 17.2 Å². The first-order chi connectivity index (χ1) is 11.6. The molecule has 1 saturated carbocycles. The van der Waals surface area contributed by atoms with E-state index >= 15 is 0 Å². The van der Waals surface area contributed by atoms with Gasteiger partial charge in [-0.2, -0.15) is 0 Å². The summed E-state index contributed by atoms with van der Waals surface area (Å²) in [5.41, 5.74) is 1.34. The molecule has 1 aliphatic carbocycles. The van der Waals surface area contributed by atoms with Gasteiger partial charge >= 0.3 is 0 Å². The minimum atomic E-state index is -0.275. The maximum absolute atomic E-state index is 11.9. The highest BCUT2D eigenvalue weighted by Crippen LogP contribution is 2.30. The average molecular weight is 345 g/mol. The topological polar surface area (TPSA) is 67.4 Å². The Labute approximate surface area is 145 Å². The van der Waals surface area contributed by atoms with Gasteiger partial charge in [0.05, 0.1) is 0 Å². The second-order valence-corrected chi connectivity index (χ2v) is 6.07. The summed E-state index contributed by atoms with van der Waals surface area (Å²) in [7, 11) is 0. The largest absolute Gasteiger partial charge is 0.484 e. The number of anilines is 2. The number of benzene rings is 2. The number of rotatable bonds is 6. The van der Waals surface area contributed by atoms with Gasteiger partial charge in [0.2, 0.25) is 5.91 Å². The van der Waals surface area contributed by atoms with Crippen molar-refractivity contribution < 1.29 is 14.3 Å². The van der Waals surface area contributed by atoms with E-state index in [1.165, 1.54) is 0 Å². The van der Waals surface area contributed by atoms with Crippen LogP contribution in [0.5, 0.6) is 5.75 Å². The number of ether oxygens (including phenoxy) is 1. The molecule has 0 aliphatic heterocycles. The van der Waals surface area contributed by atoms with Gasteiger partial charge in [-0.05, 0) is 55.3 Å². The highest BCUT2D eigenvalue weighted by atomic mass is 35.5. The predicted molar refractivity (Wildman–Crippen MR) is 93.4 cm³/mol. The second-order valence-electron chi connectivity index (χ2n) is 5.64. The summed E-state index contributed by atoms with van der Waals surface area (Å²) in [4.78, 5) is 23.5. The second kappa shape index (κ2) is 7.36. The lowest BCUT2D eigenvalue weighted by atomic mass is 10.3. The first-order valence-electron chi connectivity index (χ1n) is 7.69. The first kappa shape index (κ1) is 16.3. The van der Waals surface area contributed by atoms with Crippen LogP contribution in [0.1, 0.15) is 12.8 Å². The summed E-state index contributed by atoms with van der Waals surface area (Å²) in [6, 6.07) is 13.8.